The van der Waals surface area contributed by atoms with Crippen LogP contribution in [0.1, 0.15) is 18.9 Å². The molecule has 0 heterocycles. The number of hydrogen-bond donors (Lipinski definition) is 1. The van der Waals surface area contributed by atoms with E-state index in [1.165, 1.54) is 5.56 Å². The van der Waals surface area contributed by atoms with Gasteiger partial charge in [-0.25, -0.2) is 0 Å². The van der Waals surface area contributed by atoms with E-state index in [4.69, 9.17) is 10.5 Å². The molecule has 3 heteroatoms. The van der Waals surface area contributed by atoms with E-state index in [-0.39, 0.29) is 0 Å². The summed E-state index contributed by atoms with van der Waals surface area (Å²) in [6, 6.07) is 5.87. The second kappa shape index (κ2) is 6.38. The van der Waals surface area contributed by atoms with E-state index in [1.807, 2.05) is 25.1 Å². The zero-order valence-electron chi connectivity index (χ0n) is 10.5. The predicted molar refractivity (Wildman–Crippen MR) is 68.9 cm³/mol. The van der Waals surface area contributed by atoms with Gasteiger partial charge in [0, 0.05) is 5.69 Å². The first-order valence-electron chi connectivity index (χ1n) is 5.79. The lowest BCUT2D eigenvalue weighted by Gasteiger charge is -2.13. The molecule has 0 amide bonds. The van der Waals surface area contributed by atoms with Gasteiger partial charge >= 0.3 is 0 Å². The average Bonchev–Trinajstić information content (AvgIpc) is 2.21. The first kappa shape index (κ1) is 12.8. The van der Waals surface area contributed by atoms with E-state index >= 15 is 0 Å². The summed E-state index contributed by atoms with van der Waals surface area (Å²) in [6.07, 6.45) is 2.13. The normalized spacial score (nSPS) is 10.8. The van der Waals surface area contributed by atoms with Gasteiger partial charge in [-0.1, -0.05) is 0 Å². The fraction of sp³-hybridized carbons (Fsp3) is 0.538. The minimum Gasteiger partial charge on any atom is -0.494 e. The Morgan fingerprint density at radius 2 is 2.06 bits per heavy atom. The lowest BCUT2D eigenvalue weighted by Crippen LogP contribution is -2.13. The van der Waals surface area contributed by atoms with Gasteiger partial charge in [0.1, 0.15) is 5.75 Å². The van der Waals surface area contributed by atoms with Crippen molar-refractivity contribution in [2.75, 3.05) is 33.0 Å². The minimum atomic E-state index is 0.699. The third kappa shape index (κ3) is 4.11. The van der Waals surface area contributed by atoms with Crippen molar-refractivity contribution in [2.24, 2.45) is 0 Å². The molecule has 90 valence electrons. The fourth-order valence-electron chi connectivity index (χ4n) is 1.68. The molecule has 0 aliphatic rings. The summed E-state index contributed by atoms with van der Waals surface area (Å²) in [5.74, 6) is 0.968. The summed E-state index contributed by atoms with van der Waals surface area (Å²) in [5, 5.41) is 0. The van der Waals surface area contributed by atoms with Gasteiger partial charge in [0.15, 0.2) is 0 Å². The number of aryl methyl sites for hydroxylation is 1. The number of hydrogen-bond acceptors (Lipinski definition) is 3. The molecule has 0 aliphatic carbocycles. The van der Waals surface area contributed by atoms with Crippen molar-refractivity contribution in [1.29, 1.82) is 0 Å². The molecule has 0 saturated carbocycles. The van der Waals surface area contributed by atoms with Crippen molar-refractivity contribution in [2.45, 2.75) is 19.8 Å². The molecule has 3 nitrogen and oxygen atoms in total. The van der Waals surface area contributed by atoms with Gasteiger partial charge in [-0.2, -0.15) is 0 Å². The van der Waals surface area contributed by atoms with Crippen LogP contribution in [0.2, 0.25) is 0 Å². The number of nitrogen functional groups attached to an aromatic ring is 1. The van der Waals surface area contributed by atoms with Crippen LogP contribution in [0.5, 0.6) is 5.75 Å². The molecule has 1 rings (SSSR count). The van der Waals surface area contributed by atoms with Crippen LogP contribution in [0.4, 0.5) is 5.69 Å². The number of nitrogens with zero attached hydrogens (tertiary/aromatic N) is 1. The Balaban J connectivity index is 2.64. The molecule has 0 saturated heterocycles. The van der Waals surface area contributed by atoms with Gasteiger partial charge in [0.2, 0.25) is 0 Å². The first-order chi connectivity index (χ1) is 7.63. The lowest BCUT2D eigenvalue weighted by atomic mass is 10.1. The monoisotopic (exact) mass is 222 g/mol. The van der Waals surface area contributed by atoms with Gasteiger partial charge in [0.05, 0.1) is 6.61 Å². The van der Waals surface area contributed by atoms with Crippen molar-refractivity contribution in [3.8, 4) is 5.75 Å². The minimum absolute atomic E-state index is 0.699. The lowest BCUT2D eigenvalue weighted by molar-refractivity contribution is 0.335. The van der Waals surface area contributed by atoms with E-state index < -0.39 is 0 Å². The van der Waals surface area contributed by atoms with Crippen LogP contribution >= 0.6 is 0 Å². The molecule has 0 unspecified atom stereocenters. The molecule has 2 N–H and O–H groups in total. The molecule has 0 bridgehead atoms. The highest BCUT2D eigenvalue weighted by Gasteiger charge is 2.04. The Morgan fingerprint density at radius 3 is 2.69 bits per heavy atom. The first-order valence-corrected chi connectivity index (χ1v) is 5.79. The van der Waals surface area contributed by atoms with Crippen LogP contribution in [0.3, 0.4) is 0 Å². The van der Waals surface area contributed by atoms with E-state index in [0.717, 1.165) is 30.8 Å². The van der Waals surface area contributed by atoms with Crippen LogP contribution < -0.4 is 10.5 Å². The van der Waals surface area contributed by atoms with E-state index in [2.05, 4.69) is 19.0 Å². The molecular formula is C13H22N2O. The van der Waals surface area contributed by atoms with Crippen molar-refractivity contribution in [1.82, 2.24) is 4.90 Å². The maximum absolute atomic E-state index is 5.79. The summed E-state index contributed by atoms with van der Waals surface area (Å²) < 4.78 is 5.58. The molecule has 16 heavy (non-hydrogen) atoms. The van der Waals surface area contributed by atoms with Crippen LogP contribution in [-0.4, -0.2) is 32.1 Å². The van der Waals surface area contributed by atoms with E-state index in [1.54, 1.807) is 0 Å². The third-order valence-electron chi connectivity index (χ3n) is 2.44. The molecule has 0 fully saturated rings. The van der Waals surface area contributed by atoms with Gasteiger partial charge in [-0.3, -0.25) is 0 Å². The van der Waals surface area contributed by atoms with Crippen LogP contribution in [0, 0.1) is 0 Å². The number of anilines is 1. The van der Waals surface area contributed by atoms with Crippen molar-refractivity contribution < 1.29 is 4.74 Å². The van der Waals surface area contributed by atoms with Gasteiger partial charge < -0.3 is 15.4 Å². The molecule has 1 aromatic rings. The van der Waals surface area contributed by atoms with Gasteiger partial charge in [0.25, 0.3) is 0 Å². The summed E-state index contributed by atoms with van der Waals surface area (Å²) in [5.41, 5.74) is 7.81. The van der Waals surface area contributed by atoms with Crippen LogP contribution in [0.15, 0.2) is 18.2 Å². The summed E-state index contributed by atoms with van der Waals surface area (Å²) >= 11 is 0. The summed E-state index contributed by atoms with van der Waals surface area (Å²) in [4.78, 5) is 2.19. The standard InChI is InChI=1S/C13H22N2O/c1-4-16-13-8-7-12(14)10-11(13)6-5-9-15(2)3/h7-8,10H,4-6,9,14H2,1-3H3. The van der Waals surface area contributed by atoms with Crippen LogP contribution in [0.25, 0.3) is 0 Å². The number of ether oxygens (including phenoxy) is 1. The largest absolute Gasteiger partial charge is 0.494 e. The quantitative estimate of drug-likeness (QED) is 0.750. The third-order valence-corrected chi connectivity index (χ3v) is 2.44. The SMILES string of the molecule is CCOc1ccc(N)cc1CCCN(C)C. The zero-order chi connectivity index (χ0) is 12.0. The van der Waals surface area contributed by atoms with E-state index in [9.17, 15) is 0 Å². The maximum atomic E-state index is 5.79. The zero-order valence-corrected chi connectivity index (χ0v) is 10.5. The second-order valence-corrected chi connectivity index (χ2v) is 4.21. The average molecular weight is 222 g/mol. The molecule has 0 spiro atoms. The molecular weight excluding hydrogens is 200 g/mol. The predicted octanol–water partition coefficient (Wildman–Crippen LogP) is 2.16. The second-order valence-electron chi connectivity index (χ2n) is 4.21. The highest BCUT2D eigenvalue weighted by molar-refractivity contribution is 5.47. The topological polar surface area (TPSA) is 38.5 Å². The Kier molecular flexibility index (Phi) is 5.12. The molecule has 0 atom stereocenters. The fourth-order valence-corrected chi connectivity index (χ4v) is 1.68. The summed E-state index contributed by atoms with van der Waals surface area (Å²) in [6.45, 7) is 3.78. The molecule has 0 aliphatic heterocycles. The number of benzene rings is 1. The van der Waals surface area contributed by atoms with Crippen LogP contribution in [-0.2, 0) is 6.42 Å². The van der Waals surface area contributed by atoms with Crippen molar-refractivity contribution in [3.05, 3.63) is 23.8 Å². The Labute approximate surface area is 98.2 Å². The highest BCUT2D eigenvalue weighted by atomic mass is 16.5. The number of rotatable bonds is 6. The van der Waals surface area contributed by atoms with Crippen molar-refractivity contribution in [3.63, 3.8) is 0 Å². The van der Waals surface area contributed by atoms with Gasteiger partial charge in [-0.05, 0) is 64.2 Å². The van der Waals surface area contributed by atoms with E-state index in [0.29, 0.717) is 6.61 Å². The maximum Gasteiger partial charge on any atom is 0.122 e. The summed E-state index contributed by atoms with van der Waals surface area (Å²) in [7, 11) is 4.17. The highest BCUT2D eigenvalue weighted by Crippen LogP contribution is 2.22. The Morgan fingerprint density at radius 1 is 1.31 bits per heavy atom. The van der Waals surface area contributed by atoms with Crippen molar-refractivity contribution >= 4 is 5.69 Å². The Bertz CT molecular complexity index is 324. The molecule has 0 aromatic heterocycles. The Hall–Kier alpha value is -1.22. The number of nitrogens with two attached hydrogens (primary N) is 1. The molecule has 0 radical (unpaired) electrons. The van der Waals surface area contributed by atoms with Gasteiger partial charge in [-0.15, -0.1) is 0 Å². The smallest absolute Gasteiger partial charge is 0.122 e. The molecule has 1 aromatic carbocycles.